The van der Waals surface area contributed by atoms with Crippen molar-refractivity contribution in [3.63, 3.8) is 0 Å². The fourth-order valence-corrected chi connectivity index (χ4v) is 2.91. The summed E-state index contributed by atoms with van der Waals surface area (Å²) < 4.78 is 38.1. The number of amides is 1. The Kier molecular flexibility index (Phi) is 5.26. The van der Waals surface area contributed by atoms with Crippen molar-refractivity contribution in [2.75, 3.05) is 0 Å². The van der Waals surface area contributed by atoms with Gasteiger partial charge in [0.25, 0.3) is 0 Å². The highest BCUT2D eigenvalue weighted by atomic mass is 19.4. The van der Waals surface area contributed by atoms with Crippen molar-refractivity contribution in [2.24, 2.45) is 0 Å². The van der Waals surface area contributed by atoms with Crippen molar-refractivity contribution >= 4 is 16.7 Å². The van der Waals surface area contributed by atoms with Crippen LogP contribution in [0.4, 0.5) is 13.2 Å². The van der Waals surface area contributed by atoms with E-state index in [0.717, 1.165) is 28.5 Å². The molecule has 0 heterocycles. The van der Waals surface area contributed by atoms with Gasteiger partial charge in [-0.25, -0.2) is 0 Å². The van der Waals surface area contributed by atoms with Gasteiger partial charge in [0.1, 0.15) is 0 Å². The molecule has 1 N–H and O–H groups in total. The largest absolute Gasteiger partial charge is 0.416 e. The van der Waals surface area contributed by atoms with Gasteiger partial charge in [-0.2, -0.15) is 13.2 Å². The van der Waals surface area contributed by atoms with Crippen LogP contribution in [0, 0.1) is 0 Å². The molecule has 0 saturated carbocycles. The van der Waals surface area contributed by atoms with Gasteiger partial charge in [0.2, 0.25) is 5.91 Å². The van der Waals surface area contributed by atoms with Crippen LogP contribution >= 0.6 is 0 Å². The lowest BCUT2D eigenvalue weighted by Gasteiger charge is -2.10. The Morgan fingerprint density at radius 3 is 2.46 bits per heavy atom. The summed E-state index contributed by atoms with van der Waals surface area (Å²) >= 11 is 0. The monoisotopic (exact) mass is 357 g/mol. The van der Waals surface area contributed by atoms with Crippen molar-refractivity contribution < 1.29 is 18.0 Å². The van der Waals surface area contributed by atoms with Gasteiger partial charge in [-0.05, 0) is 40.5 Å². The van der Waals surface area contributed by atoms with Crippen LogP contribution in [-0.4, -0.2) is 5.91 Å². The molecule has 0 bridgehead atoms. The van der Waals surface area contributed by atoms with Crippen LogP contribution in [0.15, 0.2) is 66.7 Å². The van der Waals surface area contributed by atoms with Crippen LogP contribution in [0.1, 0.15) is 23.1 Å². The Morgan fingerprint density at radius 1 is 0.923 bits per heavy atom. The van der Waals surface area contributed by atoms with E-state index in [9.17, 15) is 18.0 Å². The van der Waals surface area contributed by atoms with Crippen molar-refractivity contribution in [3.8, 4) is 0 Å². The summed E-state index contributed by atoms with van der Waals surface area (Å²) in [5.41, 5.74) is 0.802. The minimum atomic E-state index is -4.38. The minimum Gasteiger partial charge on any atom is -0.352 e. The molecule has 0 spiro atoms. The molecule has 0 unspecified atom stereocenters. The molecule has 0 atom stereocenters. The summed E-state index contributed by atoms with van der Waals surface area (Å²) in [5.74, 6) is -0.185. The number of aryl methyl sites for hydroxylation is 1. The minimum absolute atomic E-state index is 0.0816. The van der Waals surface area contributed by atoms with Crippen LogP contribution in [0.3, 0.4) is 0 Å². The highest BCUT2D eigenvalue weighted by Gasteiger charge is 2.30. The number of benzene rings is 3. The first kappa shape index (κ1) is 18.0. The van der Waals surface area contributed by atoms with Gasteiger partial charge in [-0.15, -0.1) is 0 Å². The van der Waals surface area contributed by atoms with Crippen LogP contribution in [-0.2, 0) is 23.9 Å². The second-order valence-electron chi connectivity index (χ2n) is 6.11. The van der Waals surface area contributed by atoms with Gasteiger partial charge in [-0.3, -0.25) is 4.79 Å². The van der Waals surface area contributed by atoms with Crippen molar-refractivity contribution in [1.29, 1.82) is 0 Å². The molecule has 0 aliphatic rings. The molecule has 134 valence electrons. The maximum absolute atomic E-state index is 12.7. The molecule has 3 rings (SSSR count). The fraction of sp³-hybridized carbons (Fsp3) is 0.190. The molecule has 0 fully saturated rings. The van der Waals surface area contributed by atoms with Crippen molar-refractivity contribution in [1.82, 2.24) is 5.32 Å². The summed E-state index contributed by atoms with van der Waals surface area (Å²) in [6, 6.07) is 18.9. The molecule has 5 heteroatoms. The fourth-order valence-electron chi connectivity index (χ4n) is 2.91. The van der Waals surface area contributed by atoms with E-state index in [1.165, 1.54) is 6.07 Å². The molecule has 0 radical (unpaired) electrons. The Morgan fingerprint density at radius 2 is 1.65 bits per heavy atom. The molecule has 3 aromatic rings. The third kappa shape index (κ3) is 4.42. The van der Waals surface area contributed by atoms with E-state index in [0.29, 0.717) is 12.0 Å². The number of halogens is 3. The van der Waals surface area contributed by atoms with Gasteiger partial charge >= 0.3 is 6.18 Å². The normalized spacial score (nSPS) is 11.5. The van der Waals surface area contributed by atoms with Gasteiger partial charge in [-0.1, -0.05) is 54.6 Å². The van der Waals surface area contributed by atoms with E-state index in [-0.39, 0.29) is 18.9 Å². The Bertz CT molecular complexity index is 913. The van der Waals surface area contributed by atoms with E-state index in [1.807, 2.05) is 42.5 Å². The van der Waals surface area contributed by atoms with E-state index in [1.54, 1.807) is 6.07 Å². The zero-order valence-electron chi connectivity index (χ0n) is 14.0. The van der Waals surface area contributed by atoms with E-state index < -0.39 is 11.7 Å². The number of fused-ring (bicyclic) bond motifs is 1. The Hall–Kier alpha value is -2.82. The molecule has 0 aromatic heterocycles. The number of carbonyl (C=O) groups excluding carboxylic acids is 1. The molecule has 2 nitrogen and oxygen atoms in total. The van der Waals surface area contributed by atoms with Gasteiger partial charge < -0.3 is 5.32 Å². The molecule has 0 aliphatic heterocycles. The highest BCUT2D eigenvalue weighted by molar-refractivity contribution is 5.86. The summed E-state index contributed by atoms with van der Waals surface area (Å²) in [5, 5.41) is 4.92. The summed E-state index contributed by atoms with van der Waals surface area (Å²) in [6.45, 7) is 0.0816. The summed E-state index contributed by atoms with van der Waals surface area (Å²) in [4.78, 5) is 12.1. The van der Waals surface area contributed by atoms with Gasteiger partial charge in [0.05, 0.1) is 5.56 Å². The van der Waals surface area contributed by atoms with Crippen LogP contribution in [0.2, 0.25) is 0 Å². The van der Waals surface area contributed by atoms with Crippen LogP contribution < -0.4 is 5.32 Å². The second-order valence-corrected chi connectivity index (χ2v) is 6.11. The van der Waals surface area contributed by atoms with Gasteiger partial charge in [0, 0.05) is 13.0 Å². The molecule has 0 saturated heterocycles. The van der Waals surface area contributed by atoms with Crippen LogP contribution in [0.25, 0.3) is 10.8 Å². The number of hydrogen-bond acceptors (Lipinski definition) is 1. The Balaban J connectivity index is 1.58. The quantitative estimate of drug-likeness (QED) is 0.676. The average Bonchev–Trinajstić information content (AvgIpc) is 2.64. The van der Waals surface area contributed by atoms with Crippen molar-refractivity contribution in [3.05, 3.63) is 83.4 Å². The summed E-state index contributed by atoms with van der Waals surface area (Å²) in [7, 11) is 0. The van der Waals surface area contributed by atoms with Crippen molar-refractivity contribution in [2.45, 2.75) is 25.6 Å². The highest BCUT2D eigenvalue weighted by Crippen LogP contribution is 2.29. The first-order chi connectivity index (χ1) is 12.4. The predicted octanol–water partition coefficient (Wildman–Crippen LogP) is 5.11. The third-order valence-electron chi connectivity index (χ3n) is 4.25. The zero-order valence-corrected chi connectivity index (χ0v) is 14.0. The standard InChI is InChI=1S/C21H18F3NO/c22-21(23,24)18-9-3-5-15(13-18)14-25-20(26)12-11-17-8-4-7-16-6-1-2-10-19(16)17/h1-10,13H,11-12,14H2,(H,25,26). The average molecular weight is 357 g/mol. The number of rotatable bonds is 5. The molecular formula is C21H18F3NO. The smallest absolute Gasteiger partial charge is 0.352 e. The lowest BCUT2D eigenvalue weighted by Crippen LogP contribution is -2.23. The molecule has 1 amide bonds. The zero-order chi connectivity index (χ0) is 18.6. The summed E-state index contributed by atoms with van der Waals surface area (Å²) in [6.07, 6.45) is -3.52. The van der Waals surface area contributed by atoms with E-state index in [4.69, 9.17) is 0 Å². The first-order valence-electron chi connectivity index (χ1n) is 8.33. The predicted molar refractivity (Wildman–Crippen MR) is 95.6 cm³/mol. The maximum atomic E-state index is 12.7. The topological polar surface area (TPSA) is 29.1 Å². The van der Waals surface area contributed by atoms with Crippen LogP contribution in [0.5, 0.6) is 0 Å². The van der Waals surface area contributed by atoms with E-state index in [2.05, 4.69) is 5.32 Å². The number of hydrogen-bond donors (Lipinski definition) is 1. The molecular weight excluding hydrogens is 339 g/mol. The lowest BCUT2D eigenvalue weighted by molar-refractivity contribution is -0.137. The molecule has 26 heavy (non-hydrogen) atoms. The molecule has 0 aliphatic carbocycles. The SMILES string of the molecule is O=C(CCc1cccc2ccccc12)NCc1cccc(C(F)(F)F)c1. The maximum Gasteiger partial charge on any atom is 0.416 e. The molecule has 3 aromatic carbocycles. The number of carbonyl (C=O) groups is 1. The third-order valence-corrected chi connectivity index (χ3v) is 4.25. The van der Waals surface area contributed by atoms with Gasteiger partial charge in [0.15, 0.2) is 0 Å². The first-order valence-corrected chi connectivity index (χ1v) is 8.33. The Labute approximate surface area is 149 Å². The second kappa shape index (κ2) is 7.60. The lowest BCUT2D eigenvalue weighted by atomic mass is 10.0. The number of nitrogens with one attached hydrogen (secondary N) is 1. The van der Waals surface area contributed by atoms with E-state index >= 15 is 0 Å². The number of alkyl halides is 3.